The topological polar surface area (TPSA) is 103 Å². The van der Waals surface area contributed by atoms with Crippen LogP contribution in [0.25, 0.3) is 10.9 Å². The van der Waals surface area contributed by atoms with E-state index in [2.05, 4.69) is 26.4 Å². The molecule has 1 saturated heterocycles. The van der Waals surface area contributed by atoms with Gasteiger partial charge in [-0.15, -0.1) is 37.2 Å². The second-order valence-electron chi connectivity index (χ2n) is 7.95. The van der Waals surface area contributed by atoms with Gasteiger partial charge in [0.15, 0.2) is 0 Å². The molecule has 13 heteroatoms. The monoisotopic (exact) mass is 596 g/mol. The molecule has 0 amide bonds. The number of carbonyl (C=O) groups is 1. The van der Waals surface area contributed by atoms with Crippen molar-refractivity contribution < 1.29 is 18.3 Å². The summed E-state index contributed by atoms with van der Waals surface area (Å²) in [5, 5.41) is 10.6. The van der Waals surface area contributed by atoms with Gasteiger partial charge in [-0.3, -0.25) is 4.72 Å². The van der Waals surface area contributed by atoms with Crippen molar-refractivity contribution in [2.24, 2.45) is 0 Å². The number of aromatic nitrogens is 1. The van der Waals surface area contributed by atoms with Gasteiger partial charge < -0.3 is 14.9 Å². The third-order valence-corrected chi connectivity index (χ3v) is 7.86. The summed E-state index contributed by atoms with van der Waals surface area (Å²) in [6.07, 6.45) is 0. The minimum Gasteiger partial charge on any atom is -0.478 e. The molecule has 0 spiro atoms. The summed E-state index contributed by atoms with van der Waals surface area (Å²) in [6.45, 7) is 8.04. The molecule has 2 aromatic carbocycles. The third-order valence-electron chi connectivity index (χ3n) is 5.93. The number of likely N-dealkylation sites (N-methyl/N-ethyl adjacent to an activating group) is 1. The van der Waals surface area contributed by atoms with Crippen LogP contribution in [-0.2, 0) is 10.0 Å². The first-order chi connectivity index (χ1) is 15.7. The van der Waals surface area contributed by atoms with Crippen LogP contribution < -0.4 is 9.62 Å². The van der Waals surface area contributed by atoms with E-state index in [-0.39, 0.29) is 53.4 Å². The number of fused-ring (bicyclic) bond motifs is 1. The number of anilines is 2. The number of piperazine rings is 1. The van der Waals surface area contributed by atoms with Gasteiger partial charge in [-0.05, 0) is 55.4 Å². The Morgan fingerprint density at radius 1 is 1.08 bits per heavy atom. The van der Waals surface area contributed by atoms with E-state index in [0.29, 0.717) is 27.3 Å². The summed E-state index contributed by atoms with van der Waals surface area (Å²) in [5.74, 6) is -0.486. The smallest absolute Gasteiger partial charge is 0.336 e. The van der Waals surface area contributed by atoms with Crippen molar-refractivity contribution in [1.82, 2.24) is 9.88 Å². The van der Waals surface area contributed by atoms with Crippen molar-refractivity contribution in [2.75, 3.05) is 42.3 Å². The first-order valence-corrected chi connectivity index (χ1v) is 12.5. The molecule has 0 aliphatic carbocycles. The van der Waals surface area contributed by atoms with Gasteiger partial charge in [-0.2, -0.15) is 0 Å². The minimum absolute atomic E-state index is 0. The second-order valence-corrected chi connectivity index (χ2v) is 10.0. The fourth-order valence-electron chi connectivity index (χ4n) is 4.00. The lowest BCUT2D eigenvalue weighted by Gasteiger charge is -2.35. The fourth-order valence-corrected chi connectivity index (χ4v) is 5.54. The van der Waals surface area contributed by atoms with E-state index in [4.69, 9.17) is 11.6 Å². The molecule has 8 nitrogen and oxygen atoms in total. The van der Waals surface area contributed by atoms with Crippen LogP contribution in [0.4, 0.5) is 11.5 Å². The molecule has 3 aromatic rings. The number of aromatic carboxylic acids is 1. The molecule has 0 atom stereocenters. The second kappa shape index (κ2) is 13.0. The number of hydrogen-bond donors (Lipinski definition) is 2. The molecule has 0 radical (unpaired) electrons. The Labute approximate surface area is 234 Å². The number of sulfonamides is 1. The summed E-state index contributed by atoms with van der Waals surface area (Å²) >= 11 is 6.08. The summed E-state index contributed by atoms with van der Waals surface area (Å²) in [7, 11) is -3.92. The molecule has 0 bridgehead atoms. The standard InChI is InChI=1S/C23H25ClN4O4S.3ClH/c1-3-27-9-11-28(12-10-27)22-14-18(23(29)30)17-13-16(7-8-20(17)25-22)26-33(31,32)21-6-4-5-19(24)15(21)2;;;/h4-8,13-14,26H,3,9-12H2,1-2H3,(H,29,30);3*1H. The van der Waals surface area contributed by atoms with Gasteiger partial charge in [0.05, 0.1) is 16.0 Å². The first kappa shape index (κ1) is 32.0. The van der Waals surface area contributed by atoms with Gasteiger partial charge >= 0.3 is 5.97 Å². The average Bonchev–Trinajstić information content (AvgIpc) is 2.79. The molecule has 198 valence electrons. The maximum atomic E-state index is 12.9. The molecule has 0 unspecified atom stereocenters. The normalized spacial score (nSPS) is 13.8. The predicted octanol–water partition coefficient (Wildman–Crippen LogP) is 5.10. The zero-order valence-corrected chi connectivity index (χ0v) is 23.6. The number of rotatable bonds is 6. The van der Waals surface area contributed by atoms with Crippen LogP contribution in [0.5, 0.6) is 0 Å². The highest BCUT2D eigenvalue weighted by Crippen LogP contribution is 2.29. The average molecular weight is 598 g/mol. The molecule has 36 heavy (non-hydrogen) atoms. The van der Waals surface area contributed by atoms with Crippen LogP contribution in [0.15, 0.2) is 47.4 Å². The quantitative estimate of drug-likeness (QED) is 0.407. The van der Waals surface area contributed by atoms with Crippen LogP contribution in [-0.4, -0.2) is 62.1 Å². The van der Waals surface area contributed by atoms with Gasteiger partial charge in [-0.25, -0.2) is 18.2 Å². The Morgan fingerprint density at radius 2 is 1.75 bits per heavy atom. The molecular weight excluding hydrogens is 570 g/mol. The predicted molar refractivity (Wildman–Crippen MR) is 152 cm³/mol. The molecule has 4 rings (SSSR count). The van der Waals surface area contributed by atoms with Crippen molar-refractivity contribution in [3.8, 4) is 0 Å². The van der Waals surface area contributed by atoms with Gasteiger partial charge in [0.1, 0.15) is 5.82 Å². The van der Waals surface area contributed by atoms with E-state index >= 15 is 0 Å². The Hall–Kier alpha value is -2.01. The van der Waals surface area contributed by atoms with Crippen LogP contribution in [0, 0.1) is 6.92 Å². The van der Waals surface area contributed by atoms with Gasteiger partial charge in [0, 0.05) is 42.3 Å². The Morgan fingerprint density at radius 3 is 2.36 bits per heavy atom. The van der Waals surface area contributed by atoms with Crippen molar-refractivity contribution in [2.45, 2.75) is 18.7 Å². The molecule has 0 saturated carbocycles. The molecule has 1 aliphatic heterocycles. The van der Waals surface area contributed by atoms with Crippen molar-refractivity contribution >= 4 is 87.2 Å². The van der Waals surface area contributed by atoms with E-state index in [1.165, 1.54) is 12.1 Å². The maximum Gasteiger partial charge on any atom is 0.336 e. The Balaban J connectivity index is 0.00000216. The fraction of sp³-hybridized carbons (Fsp3) is 0.304. The zero-order chi connectivity index (χ0) is 23.8. The van der Waals surface area contributed by atoms with Crippen molar-refractivity contribution in [1.29, 1.82) is 0 Å². The van der Waals surface area contributed by atoms with Gasteiger partial charge in [0.2, 0.25) is 0 Å². The van der Waals surface area contributed by atoms with E-state index in [9.17, 15) is 18.3 Å². The lowest BCUT2D eigenvalue weighted by atomic mass is 10.1. The van der Waals surface area contributed by atoms with E-state index in [1.54, 1.807) is 37.3 Å². The number of pyridine rings is 1. The third kappa shape index (κ3) is 6.65. The van der Waals surface area contributed by atoms with Gasteiger partial charge in [0.25, 0.3) is 10.0 Å². The minimum atomic E-state index is -3.92. The highest BCUT2D eigenvalue weighted by molar-refractivity contribution is 7.92. The number of halogens is 4. The van der Waals surface area contributed by atoms with Crippen LogP contribution in [0.2, 0.25) is 5.02 Å². The summed E-state index contributed by atoms with van der Waals surface area (Å²) in [5.41, 5.74) is 1.25. The zero-order valence-electron chi connectivity index (χ0n) is 19.6. The first-order valence-electron chi connectivity index (χ1n) is 10.6. The maximum absolute atomic E-state index is 12.9. The molecule has 1 fully saturated rings. The molecule has 1 aromatic heterocycles. The number of nitrogens with zero attached hydrogens (tertiary/aromatic N) is 3. The largest absolute Gasteiger partial charge is 0.478 e. The van der Waals surface area contributed by atoms with E-state index < -0.39 is 16.0 Å². The number of hydrogen-bond acceptors (Lipinski definition) is 6. The van der Waals surface area contributed by atoms with Crippen LogP contribution in [0.1, 0.15) is 22.8 Å². The van der Waals surface area contributed by atoms with Gasteiger partial charge in [-0.1, -0.05) is 24.6 Å². The number of nitrogens with one attached hydrogen (secondary N) is 1. The highest BCUT2D eigenvalue weighted by Gasteiger charge is 2.22. The van der Waals surface area contributed by atoms with Crippen molar-refractivity contribution in [3.63, 3.8) is 0 Å². The number of carboxylic acids is 1. The molecule has 2 N–H and O–H groups in total. The Bertz CT molecular complexity index is 1330. The van der Waals surface area contributed by atoms with Crippen LogP contribution in [0.3, 0.4) is 0 Å². The highest BCUT2D eigenvalue weighted by atomic mass is 35.5. The molecular formula is C23H28Cl4N4O4S. The Kier molecular flexibility index (Phi) is 11.5. The lowest BCUT2D eigenvalue weighted by Crippen LogP contribution is -2.46. The number of carboxylic acid groups (broad SMARTS) is 1. The van der Waals surface area contributed by atoms with Crippen molar-refractivity contribution in [3.05, 3.63) is 58.6 Å². The summed E-state index contributed by atoms with van der Waals surface area (Å²) < 4.78 is 28.4. The molecule has 2 heterocycles. The summed E-state index contributed by atoms with van der Waals surface area (Å²) in [6, 6.07) is 10.9. The van der Waals surface area contributed by atoms with Crippen LogP contribution >= 0.6 is 48.8 Å². The van der Waals surface area contributed by atoms with E-state index in [1.807, 2.05) is 0 Å². The molecule has 1 aliphatic rings. The lowest BCUT2D eigenvalue weighted by molar-refractivity contribution is 0.0699. The number of benzene rings is 2. The van der Waals surface area contributed by atoms with E-state index in [0.717, 1.165) is 32.7 Å². The summed E-state index contributed by atoms with van der Waals surface area (Å²) in [4.78, 5) is 21.2. The SMILES string of the molecule is CCN1CCN(c2cc(C(=O)O)c3cc(NS(=O)(=O)c4cccc(Cl)c4C)ccc3n2)CC1.Cl.Cl.Cl.